The highest BCUT2D eigenvalue weighted by Gasteiger charge is 2.29. The summed E-state index contributed by atoms with van der Waals surface area (Å²) in [7, 11) is 0. The van der Waals surface area contributed by atoms with Gasteiger partial charge in [-0.05, 0) is 28.7 Å². The van der Waals surface area contributed by atoms with Gasteiger partial charge in [-0.3, -0.25) is 4.79 Å². The molecule has 0 radical (unpaired) electrons. The Morgan fingerprint density at radius 3 is 2.35 bits per heavy atom. The van der Waals surface area contributed by atoms with Gasteiger partial charge >= 0.3 is 12.1 Å². The number of hydrogen-bond acceptors (Lipinski definition) is 6. The van der Waals surface area contributed by atoms with Crippen LogP contribution in [0.2, 0.25) is 0 Å². The molecule has 2 amide bonds. The molecule has 1 heterocycles. The maximum atomic E-state index is 12.2. The Bertz CT molecular complexity index is 1160. The first-order valence-electron chi connectivity index (χ1n) is 11.0. The number of hydrogen-bond donors (Lipinski definition) is 3. The van der Waals surface area contributed by atoms with Crippen LogP contribution in [0, 0.1) is 0 Å². The number of alkyl carbamates (subject to hydrolysis) is 1. The lowest BCUT2D eigenvalue weighted by Gasteiger charge is -2.14. The molecule has 0 spiro atoms. The second-order valence-electron chi connectivity index (χ2n) is 7.89. The summed E-state index contributed by atoms with van der Waals surface area (Å²) in [5.74, 6) is -1.76. The number of carbonyl (C=O) groups is 3. The molecular formula is C24H25N5O5. The molecule has 0 fully saturated rings. The molecule has 1 atom stereocenters. The van der Waals surface area contributed by atoms with Gasteiger partial charge in [0.1, 0.15) is 12.6 Å². The molecular weight excluding hydrogens is 438 g/mol. The fourth-order valence-corrected chi connectivity index (χ4v) is 4.00. The number of aromatic nitrogens is 3. The van der Waals surface area contributed by atoms with Crippen molar-refractivity contribution in [2.75, 3.05) is 13.2 Å². The number of rotatable bonds is 9. The second kappa shape index (κ2) is 10.2. The van der Waals surface area contributed by atoms with Gasteiger partial charge in [-0.1, -0.05) is 60.7 Å². The van der Waals surface area contributed by atoms with E-state index >= 15 is 0 Å². The summed E-state index contributed by atoms with van der Waals surface area (Å²) >= 11 is 0. The Morgan fingerprint density at radius 1 is 1.09 bits per heavy atom. The maximum Gasteiger partial charge on any atom is 0.407 e. The molecule has 0 unspecified atom stereocenters. The number of carboxylic acids is 1. The van der Waals surface area contributed by atoms with Crippen molar-refractivity contribution in [1.29, 1.82) is 0 Å². The van der Waals surface area contributed by atoms with E-state index in [-0.39, 0.29) is 37.7 Å². The molecule has 34 heavy (non-hydrogen) atoms. The number of carboxylic acid groups (broad SMARTS) is 1. The predicted octanol–water partition coefficient (Wildman–Crippen LogP) is 2.41. The van der Waals surface area contributed by atoms with Crippen LogP contribution in [-0.2, 0) is 16.1 Å². The van der Waals surface area contributed by atoms with E-state index in [0.717, 1.165) is 22.3 Å². The number of ether oxygens (including phenoxy) is 1. The Labute approximate surface area is 195 Å². The first-order valence-corrected chi connectivity index (χ1v) is 11.0. The van der Waals surface area contributed by atoms with Crippen LogP contribution in [0.5, 0.6) is 0 Å². The van der Waals surface area contributed by atoms with Gasteiger partial charge < -0.3 is 20.5 Å². The molecule has 0 bridgehead atoms. The molecule has 3 aromatic rings. The van der Waals surface area contributed by atoms with Crippen molar-refractivity contribution in [3.05, 3.63) is 71.5 Å². The first-order chi connectivity index (χ1) is 16.5. The summed E-state index contributed by atoms with van der Waals surface area (Å²) in [6, 6.07) is 15.2. The van der Waals surface area contributed by atoms with E-state index in [1.54, 1.807) is 6.92 Å². The van der Waals surface area contributed by atoms with E-state index in [2.05, 4.69) is 45.2 Å². The van der Waals surface area contributed by atoms with E-state index in [1.807, 2.05) is 24.3 Å². The van der Waals surface area contributed by atoms with Crippen LogP contribution < -0.4 is 10.6 Å². The third kappa shape index (κ3) is 4.90. The molecule has 10 heteroatoms. The van der Waals surface area contributed by atoms with Gasteiger partial charge in [-0.25, -0.2) is 14.3 Å². The van der Waals surface area contributed by atoms with Crippen molar-refractivity contribution >= 4 is 18.0 Å². The predicted molar refractivity (Wildman–Crippen MR) is 122 cm³/mol. The van der Waals surface area contributed by atoms with Crippen LogP contribution in [0.3, 0.4) is 0 Å². The van der Waals surface area contributed by atoms with Gasteiger partial charge in [0.25, 0.3) is 5.91 Å². The highest BCUT2D eigenvalue weighted by atomic mass is 16.5. The van der Waals surface area contributed by atoms with E-state index in [4.69, 9.17) is 9.84 Å². The van der Waals surface area contributed by atoms with Crippen LogP contribution in [0.25, 0.3) is 11.1 Å². The van der Waals surface area contributed by atoms with Gasteiger partial charge in [0.15, 0.2) is 5.69 Å². The molecule has 2 aromatic carbocycles. The molecule has 10 nitrogen and oxygen atoms in total. The Hall–Kier alpha value is -4.21. The van der Waals surface area contributed by atoms with Crippen molar-refractivity contribution < 1.29 is 24.2 Å². The van der Waals surface area contributed by atoms with Gasteiger partial charge in [-0.15, -0.1) is 5.10 Å². The largest absolute Gasteiger partial charge is 0.480 e. The Morgan fingerprint density at radius 2 is 1.74 bits per heavy atom. The minimum absolute atomic E-state index is 0.000778. The lowest BCUT2D eigenvalue weighted by Crippen LogP contribution is -2.40. The Kier molecular flexibility index (Phi) is 6.86. The fourth-order valence-electron chi connectivity index (χ4n) is 4.00. The standard InChI is InChI=1S/C24H25N5O5/c1-2-20(23(31)32)26-22(30)21-13-29(28-27-21)12-11-25-24(33)34-14-19-17-9-5-3-7-15(17)16-8-4-6-10-18(16)19/h3-10,13,19-20H,2,11-12,14H2,1H3,(H,25,33)(H,26,30)(H,31,32)/t20-/m0/s1. The van der Waals surface area contributed by atoms with E-state index < -0.39 is 24.0 Å². The Balaban J connectivity index is 1.26. The number of amides is 2. The topological polar surface area (TPSA) is 135 Å². The van der Waals surface area contributed by atoms with Crippen LogP contribution >= 0.6 is 0 Å². The minimum Gasteiger partial charge on any atom is -0.480 e. The van der Waals surface area contributed by atoms with Crippen molar-refractivity contribution in [2.24, 2.45) is 0 Å². The summed E-state index contributed by atoms with van der Waals surface area (Å²) in [6.07, 6.45) is 1.09. The fraction of sp³-hybridized carbons (Fsp3) is 0.292. The smallest absolute Gasteiger partial charge is 0.407 e. The summed E-state index contributed by atoms with van der Waals surface area (Å²) in [5.41, 5.74) is 4.59. The van der Waals surface area contributed by atoms with E-state index in [9.17, 15) is 14.4 Å². The van der Waals surface area contributed by atoms with Gasteiger partial charge in [0, 0.05) is 12.5 Å². The third-order valence-corrected chi connectivity index (χ3v) is 5.74. The van der Waals surface area contributed by atoms with Crippen LogP contribution in [0.15, 0.2) is 54.7 Å². The van der Waals surface area contributed by atoms with Crippen LogP contribution in [0.4, 0.5) is 4.79 Å². The summed E-state index contributed by atoms with van der Waals surface area (Å²) < 4.78 is 6.87. The number of carbonyl (C=O) groups excluding carboxylic acids is 2. The number of fused-ring (bicyclic) bond motifs is 3. The highest BCUT2D eigenvalue weighted by molar-refractivity contribution is 5.94. The molecule has 0 saturated carbocycles. The molecule has 4 rings (SSSR count). The van der Waals surface area contributed by atoms with Crippen molar-refractivity contribution in [2.45, 2.75) is 31.8 Å². The molecule has 1 aliphatic carbocycles. The van der Waals surface area contributed by atoms with Crippen LogP contribution in [0.1, 0.15) is 40.9 Å². The molecule has 0 saturated heterocycles. The third-order valence-electron chi connectivity index (χ3n) is 5.74. The molecule has 0 aliphatic heterocycles. The summed E-state index contributed by atoms with van der Waals surface area (Å²) in [5, 5.41) is 21.7. The summed E-state index contributed by atoms with van der Waals surface area (Å²) in [6.45, 7) is 2.36. The van der Waals surface area contributed by atoms with Crippen LogP contribution in [-0.4, -0.2) is 57.3 Å². The number of nitrogens with zero attached hydrogens (tertiary/aromatic N) is 3. The summed E-state index contributed by atoms with van der Waals surface area (Å²) in [4.78, 5) is 35.4. The van der Waals surface area contributed by atoms with E-state index in [1.165, 1.54) is 10.9 Å². The lowest BCUT2D eigenvalue weighted by molar-refractivity contribution is -0.139. The van der Waals surface area contributed by atoms with E-state index in [0.29, 0.717) is 0 Å². The van der Waals surface area contributed by atoms with Crippen molar-refractivity contribution in [1.82, 2.24) is 25.6 Å². The zero-order valence-electron chi connectivity index (χ0n) is 18.6. The molecule has 176 valence electrons. The normalized spacial score (nSPS) is 13.0. The SMILES string of the molecule is CC[C@H](NC(=O)c1cn(CCNC(=O)OCC2c3ccccc3-c3ccccc32)nn1)C(=O)O. The van der Waals surface area contributed by atoms with Crippen molar-refractivity contribution in [3.8, 4) is 11.1 Å². The minimum atomic E-state index is -1.12. The molecule has 1 aliphatic rings. The zero-order valence-corrected chi connectivity index (χ0v) is 18.6. The van der Waals surface area contributed by atoms with Crippen molar-refractivity contribution in [3.63, 3.8) is 0 Å². The maximum absolute atomic E-state index is 12.2. The average molecular weight is 463 g/mol. The second-order valence-corrected chi connectivity index (χ2v) is 7.89. The number of nitrogens with one attached hydrogen (secondary N) is 2. The molecule has 1 aromatic heterocycles. The first kappa shape index (κ1) is 23.0. The highest BCUT2D eigenvalue weighted by Crippen LogP contribution is 2.44. The monoisotopic (exact) mass is 463 g/mol. The lowest BCUT2D eigenvalue weighted by atomic mass is 9.98. The zero-order chi connectivity index (χ0) is 24.1. The van der Waals surface area contributed by atoms with Gasteiger partial charge in [0.2, 0.25) is 0 Å². The number of benzene rings is 2. The average Bonchev–Trinajstić information content (AvgIpc) is 3.44. The quantitative estimate of drug-likeness (QED) is 0.443. The van der Waals surface area contributed by atoms with Gasteiger partial charge in [0.05, 0.1) is 12.7 Å². The molecule has 3 N–H and O–H groups in total. The van der Waals surface area contributed by atoms with Gasteiger partial charge in [-0.2, -0.15) is 0 Å². The number of aliphatic carboxylic acids is 1.